The highest BCUT2D eigenvalue weighted by molar-refractivity contribution is 5.95. The minimum Gasteiger partial charge on any atom is -0.462 e. The SMILES string of the molecule is CCOC(=O)c1ccccc1-n1c(C)cc(/C=N\NC(=O)c2cccnc2)c1C. The lowest BCUT2D eigenvalue weighted by Crippen LogP contribution is -2.17. The van der Waals surface area contributed by atoms with Gasteiger partial charge in [-0.3, -0.25) is 9.78 Å². The third-order valence-corrected chi connectivity index (χ3v) is 4.40. The first-order valence-electron chi connectivity index (χ1n) is 9.21. The normalized spacial score (nSPS) is 10.9. The average Bonchev–Trinajstić information content (AvgIpc) is 3.02. The molecule has 0 fully saturated rings. The molecule has 3 rings (SSSR count). The van der Waals surface area contributed by atoms with Crippen LogP contribution in [0.4, 0.5) is 0 Å². The van der Waals surface area contributed by atoms with Gasteiger partial charge in [0.25, 0.3) is 5.91 Å². The summed E-state index contributed by atoms with van der Waals surface area (Å²) >= 11 is 0. The first-order valence-corrected chi connectivity index (χ1v) is 9.21. The third-order valence-electron chi connectivity index (χ3n) is 4.40. The number of para-hydroxylation sites is 1. The average molecular weight is 390 g/mol. The van der Waals surface area contributed by atoms with Gasteiger partial charge in [0, 0.05) is 29.3 Å². The molecule has 0 saturated carbocycles. The third kappa shape index (κ3) is 4.40. The Hall–Kier alpha value is -3.74. The number of carbonyl (C=O) groups excluding carboxylic acids is 2. The van der Waals surface area contributed by atoms with Gasteiger partial charge in [-0.05, 0) is 51.1 Å². The second-order valence-corrected chi connectivity index (χ2v) is 6.34. The summed E-state index contributed by atoms with van der Waals surface area (Å²) in [4.78, 5) is 28.3. The van der Waals surface area contributed by atoms with E-state index in [1.807, 2.05) is 36.6 Å². The second-order valence-electron chi connectivity index (χ2n) is 6.34. The second kappa shape index (κ2) is 8.97. The van der Waals surface area contributed by atoms with Gasteiger partial charge in [0.1, 0.15) is 0 Å². The molecule has 0 unspecified atom stereocenters. The molecule has 0 aliphatic rings. The lowest BCUT2D eigenvalue weighted by Gasteiger charge is -2.14. The number of esters is 1. The molecular formula is C22H22N4O3. The predicted octanol–water partition coefficient (Wildman–Crippen LogP) is 3.43. The molecule has 0 bridgehead atoms. The molecule has 2 heterocycles. The van der Waals surface area contributed by atoms with Gasteiger partial charge in [0.15, 0.2) is 0 Å². The lowest BCUT2D eigenvalue weighted by atomic mass is 10.1. The topological polar surface area (TPSA) is 85.6 Å². The highest BCUT2D eigenvalue weighted by Crippen LogP contribution is 2.23. The molecule has 1 aromatic carbocycles. The number of aryl methyl sites for hydroxylation is 1. The molecule has 0 saturated heterocycles. The number of amides is 1. The summed E-state index contributed by atoms with van der Waals surface area (Å²) in [6.45, 7) is 5.96. The fourth-order valence-electron chi connectivity index (χ4n) is 3.06. The number of pyridine rings is 1. The molecule has 7 nitrogen and oxygen atoms in total. The quantitative estimate of drug-likeness (QED) is 0.397. The molecule has 7 heteroatoms. The van der Waals surface area contributed by atoms with Crippen LogP contribution in [0.2, 0.25) is 0 Å². The largest absolute Gasteiger partial charge is 0.462 e. The van der Waals surface area contributed by atoms with Crippen molar-refractivity contribution >= 4 is 18.1 Å². The van der Waals surface area contributed by atoms with Crippen molar-refractivity contribution < 1.29 is 14.3 Å². The smallest absolute Gasteiger partial charge is 0.340 e. The van der Waals surface area contributed by atoms with Crippen molar-refractivity contribution in [1.29, 1.82) is 0 Å². The van der Waals surface area contributed by atoms with Gasteiger partial charge in [-0.2, -0.15) is 5.10 Å². The molecule has 1 N–H and O–H groups in total. The standard InChI is InChI=1S/C22H22N4O3/c1-4-29-22(28)19-9-5-6-10-20(19)26-15(2)12-18(16(26)3)14-24-25-21(27)17-8-7-11-23-13-17/h5-14H,4H2,1-3H3,(H,25,27)/b24-14-. The van der Waals surface area contributed by atoms with E-state index >= 15 is 0 Å². The van der Waals surface area contributed by atoms with E-state index in [1.165, 1.54) is 6.20 Å². The van der Waals surface area contributed by atoms with E-state index in [4.69, 9.17) is 4.74 Å². The number of rotatable bonds is 6. The van der Waals surface area contributed by atoms with E-state index in [1.54, 1.807) is 43.6 Å². The number of hydrogen-bond acceptors (Lipinski definition) is 5. The number of hydrazone groups is 1. The number of hydrogen-bond donors (Lipinski definition) is 1. The van der Waals surface area contributed by atoms with Gasteiger partial charge in [0.05, 0.1) is 29.6 Å². The van der Waals surface area contributed by atoms with Crippen LogP contribution < -0.4 is 5.43 Å². The number of benzene rings is 1. The summed E-state index contributed by atoms with van der Waals surface area (Å²) < 4.78 is 7.15. The Morgan fingerprint density at radius 2 is 2.00 bits per heavy atom. The van der Waals surface area contributed by atoms with Crippen LogP contribution in [0.3, 0.4) is 0 Å². The molecule has 1 amide bonds. The van der Waals surface area contributed by atoms with Crippen LogP contribution in [0.15, 0.2) is 60.0 Å². The number of nitrogens with one attached hydrogen (secondary N) is 1. The van der Waals surface area contributed by atoms with Gasteiger partial charge >= 0.3 is 5.97 Å². The van der Waals surface area contributed by atoms with Crippen LogP contribution in [-0.4, -0.2) is 34.2 Å². The molecular weight excluding hydrogens is 368 g/mol. The number of nitrogens with zero attached hydrogens (tertiary/aromatic N) is 3. The van der Waals surface area contributed by atoms with Crippen molar-refractivity contribution in [1.82, 2.24) is 15.0 Å². The van der Waals surface area contributed by atoms with E-state index in [9.17, 15) is 9.59 Å². The van der Waals surface area contributed by atoms with E-state index in [2.05, 4.69) is 15.5 Å². The summed E-state index contributed by atoms with van der Waals surface area (Å²) in [6, 6.07) is 12.6. The van der Waals surface area contributed by atoms with Crippen LogP contribution in [0, 0.1) is 13.8 Å². The number of carbonyl (C=O) groups is 2. The number of ether oxygens (including phenoxy) is 1. The lowest BCUT2D eigenvalue weighted by molar-refractivity contribution is 0.0526. The zero-order valence-corrected chi connectivity index (χ0v) is 16.5. The van der Waals surface area contributed by atoms with Gasteiger partial charge < -0.3 is 9.30 Å². The van der Waals surface area contributed by atoms with Crippen molar-refractivity contribution in [3.8, 4) is 5.69 Å². The van der Waals surface area contributed by atoms with E-state index in [-0.39, 0.29) is 11.9 Å². The minimum absolute atomic E-state index is 0.311. The summed E-state index contributed by atoms with van der Waals surface area (Å²) in [5.41, 5.74) is 6.80. The Labute approximate surface area is 169 Å². The Morgan fingerprint density at radius 1 is 1.21 bits per heavy atom. The predicted molar refractivity (Wildman–Crippen MR) is 110 cm³/mol. The van der Waals surface area contributed by atoms with E-state index in [0.717, 1.165) is 22.6 Å². The molecule has 0 radical (unpaired) electrons. The Morgan fingerprint density at radius 3 is 2.72 bits per heavy atom. The monoisotopic (exact) mass is 390 g/mol. The van der Waals surface area contributed by atoms with Crippen LogP contribution in [0.25, 0.3) is 5.69 Å². The molecule has 2 aromatic heterocycles. The zero-order valence-electron chi connectivity index (χ0n) is 16.5. The fourth-order valence-corrected chi connectivity index (χ4v) is 3.06. The highest BCUT2D eigenvalue weighted by atomic mass is 16.5. The highest BCUT2D eigenvalue weighted by Gasteiger charge is 2.17. The molecule has 0 spiro atoms. The summed E-state index contributed by atoms with van der Waals surface area (Å²) in [5.74, 6) is -0.703. The molecule has 148 valence electrons. The maximum Gasteiger partial charge on any atom is 0.340 e. The summed E-state index contributed by atoms with van der Waals surface area (Å²) in [7, 11) is 0. The first kappa shape index (κ1) is 20.0. The Balaban J connectivity index is 1.86. The molecule has 29 heavy (non-hydrogen) atoms. The van der Waals surface area contributed by atoms with Gasteiger partial charge in [-0.1, -0.05) is 12.1 Å². The van der Waals surface area contributed by atoms with Crippen LogP contribution in [-0.2, 0) is 4.74 Å². The van der Waals surface area contributed by atoms with Gasteiger partial charge in [-0.15, -0.1) is 0 Å². The Bertz CT molecular complexity index is 1060. The summed E-state index contributed by atoms with van der Waals surface area (Å²) in [5, 5.41) is 4.06. The molecule has 0 atom stereocenters. The fraction of sp³-hybridized carbons (Fsp3) is 0.182. The zero-order chi connectivity index (χ0) is 20.8. The summed E-state index contributed by atoms with van der Waals surface area (Å²) in [6.07, 6.45) is 4.66. The van der Waals surface area contributed by atoms with Crippen molar-refractivity contribution in [2.24, 2.45) is 5.10 Å². The van der Waals surface area contributed by atoms with Crippen LogP contribution in [0.5, 0.6) is 0 Å². The van der Waals surface area contributed by atoms with Crippen molar-refractivity contribution in [2.45, 2.75) is 20.8 Å². The number of aromatic nitrogens is 2. The van der Waals surface area contributed by atoms with Crippen molar-refractivity contribution in [2.75, 3.05) is 6.61 Å². The Kier molecular flexibility index (Phi) is 6.19. The first-order chi connectivity index (χ1) is 14.0. The maximum atomic E-state index is 12.3. The minimum atomic E-state index is -0.366. The van der Waals surface area contributed by atoms with Gasteiger partial charge in [0.2, 0.25) is 0 Å². The van der Waals surface area contributed by atoms with Crippen LogP contribution >= 0.6 is 0 Å². The van der Waals surface area contributed by atoms with E-state index in [0.29, 0.717) is 17.7 Å². The van der Waals surface area contributed by atoms with Gasteiger partial charge in [-0.25, -0.2) is 10.2 Å². The van der Waals surface area contributed by atoms with Crippen LogP contribution in [0.1, 0.15) is 44.6 Å². The van der Waals surface area contributed by atoms with Crippen molar-refractivity contribution in [3.05, 3.63) is 82.9 Å². The molecule has 0 aliphatic carbocycles. The van der Waals surface area contributed by atoms with Crippen molar-refractivity contribution in [3.63, 3.8) is 0 Å². The maximum absolute atomic E-state index is 12.3. The molecule has 3 aromatic rings. The van der Waals surface area contributed by atoms with E-state index < -0.39 is 0 Å². The molecule has 0 aliphatic heterocycles.